The van der Waals surface area contributed by atoms with Crippen LogP contribution in [0.1, 0.15) is 127 Å². The molecule has 9 unspecified atom stereocenters. The molecule has 8 rings (SSSR count). The number of esters is 1. The summed E-state index contributed by atoms with van der Waals surface area (Å²) in [6, 6.07) is 0. The maximum Gasteiger partial charge on any atom is 0.302 e. The predicted octanol–water partition coefficient (Wildman–Crippen LogP) is 3.54. The summed E-state index contributed by atoms with van der Waals surface area (Å²) in [5, 5.41) is 65.6. The van der Waals surface area contributed by atoms with Crippen molar-refractivity contribution >= 4 is 11.8 Å². The van der Waals surface area contributed by atoms with E-state index >= 15 is 0 Å². The van der Waals surface area contributed by atoms with Crippen LogP contribution in [-0.2, 0) is 66.4 Å². The number of ketones is 1. The van der Waals surface area contributed by atoms with Crippen molar-refractivity contribution in [3.05, 3.63) is 23.3 Å². The third-order valence-corrected chi connectivity index (χ3v) is 19.8. The number of methoxy groups -OCH3 is 3. The Kier molecular flexibility index (Phi) is 19.1. The second kappa shape index (κ2) is 24.2. The van der Waals surface area contributed by atoms with Gasteiger partial charge in [0.25, 0.3) is 0 Å². The molecule has 0 radical (unpaired) electrons. The molecular weight excluding hydrogens is 993 g/mol. The summed E-state index contributed by atoms with van der Waals surface area (Å²) >= 11 is 0. The number of ether oxygens (including phenoxy) is 12. The molecule has 0 aromatic rings. The van der Waals surface area contributed by atoms with Crippen LogP contribution in [0.15, 0.2) is 23.3 Å². The number of carbonyl (C=O) groups excluding carboxylic acids is 2. The predicted molar refractivity (Wildman–Crippen MR) is 270 cm³/mol. The van der Waals surface area contributed by atoms with E-state index in [0.717, 1.165) is 44.1 Å². The van der Waals surface area contributed by atoms with Gasteiger partial charge in [-0.05, 0) is 115 Å². The Hall–Kier alpha value is -2.06. The number of carbonyl (C=O) groups is 2. The van der Waals surface area contributed by atoms with E-state index in [0.29, 0.717) is 19.3 Å². The molecule has 27 atom stereocenters. The Balaban J connectivity index is 0.873. The first-order valence-corrected chi connectivity index (χ1v) is 27.9. The number of aliphatic hydroxyl groups excluding tert-OH is 5. The number of hydrogen-bond acceptors (Lipinski definition) is 20. The fourth-order valence-electron chi connectivity index (χ4n) is 15.3. The van der Waals surface area contributed by atoms with Crippen molar-refractivity contribution in [1.82, 2.24) is 0 Å². The molecule has 0 spiro atoms. The first-order valence-electron chi connectivity index (χ1n) is 27.9. The van der Waals surface area contributed by atoms with Gasteiger partial charge in [-0.15, -0.1) is 0 Å². The van der Waals surface area contributed by atoms with Crippen molar-refractivity contribution in [2.75, 3.05) is 27.9 Å². The lowest BCUT2D eigenvalue weighted by atomic mass is 9.42. The van der Waals surface area contributed by atoms with E-state index in [1.54, 1.807) is 21.1 Å². The standard InChI is InChI=1S/C56H90O20/c1-13-26(2)38(59)22-33-21-37-36(56(64)19-17-35(55(33,56)9)27(3)68-31(7)58)15-14-32-20-34(16-18-54(32,37)8)72-42-23-39(65-10)48(28(4)69-42)74-43-24-40(66-11)49(29(5)70-43)75-53-47(63)51(67-12)50(30(6)71-53)76-52-46(62)45(61)44(60)41(25-57)73-52/h13-14,27-30,33-37,39-53,57,60-64H,15-25H2,1-12H3/b26-13+/t27-,28?,29?,30?,33+,34+,35-,36?,37+,39?,40?,41?,42+,43+,44-,45?,46+,47+,48-,49-,50-,51?,52-,53-,54+,55-,56+/m1/s1. The molecule has 20 heteroatoms. The average molecular weight is 1080 g/mol. The van der Waals surface area contributed by atoms with Gasteiger partial charge in [-0.25, -0.2) is 0 Å². The fraction of sp³-hybridized carbons (Fsp3) is 0.893. The molecule has 4 aliphatic heterocycles. The zero-order valence-corrected chi connectivity index (χ0v) is 46.7. The van der Waals surface area contributed by atoms with E-state index in [2.05, 4.69) is 19.9 Å². The SMILES string of the molecule is C/C=C(\C)C(=O)C[C@@H]1C[C@H]2C(CC=C3C[C@@H](O[C@H]4CC(OC)[C@H](O[C@H]5CC(OC)[C@H](O[C@H]6OC(C)[C@@H](O[C@H]7OC(CO)[C@@H](O)C(O)[C@@H]7O)C(OC)[C@@H]6O)C(C)O5)C(C)O4)CC[C@@]32C)[C@@]2(O)CC[C@H]([C@@H](C)OC(C)=O)[C@@]12C. The van der Waals surface area contributed by atoms with Crippen molar-refractivity contribution < 1.29 is 97.1 Å². The number of fused-ring (bicyclic) bond motifs is 5. The lowest BCUT2D eigenvalue weighted by Crippen LogP contribution is -2.65. The van der Waals surface area contributed by atoms with Gasteiger partial charge in [-0.2, -0.15) is 0 Å². The van der Waals surface area contributed by atoms with Crippen molar-refractivity contribution in [1.29, 1.82) is 0 Å². The van der Waals surface area contributed by atoms with Crippen LogP contribution in [0.2, 0.25) is 0 Å². The summed E-state index contributed by atoms with van der Waals surface area (Å²) in [7, 11) is 4.58. The van der Waals surface area contributed by atoms with Crippen LogP contribution in [0.3, 0.4) is 0 Å². The van der Waals surface area contributed by atoms with E-state index in [1.807, 2.05) is 40.7 Å². The van der Waals surface area contributed by atoms with Crippen LogP contribution in [-0.4, -0.2) is 199 Å². The minimum atomic E-state index is -1.67. The first kappa shape index (κ1) is 60.0. The van der Waals surface area contributed by atoms with Crippen LogP contribution in [0.5, 0.6) is 0 Å². The number of Topliss-reactive ketones (excluding diaryl/α,β-unsaturated/α-hetero) is 1. The van der Waals surface area contributed by atoms with Gasteiger partial charge in [0.05, 0.1) is 48.8 Å². The molecule has 434 valence electrons. The normalized spacial score (nSPS) is 49.2. The molecule has 76 heavy (non-hydrogen) atoms. The number of hydrogen-bond donors (Lipinski definition) is 6. The molecular formula is C56H90O20. The minimum Gasteiger partial charge on any atom is -0.463 e. The smallest absolute Gasteiger partial charge is 0.302 e. The molecule has 6 N–H and O–H groups in total. The molecule has 0 aromatic heterocycles. The second-order valence-electron chi connectivity index (χ2n) is 23.8. The fourth-order valence-corrected chi connectivity index (χ4v) is 15.3. The Labute approximate surface area is 448 Å². The summed E-state index contributed by atoms with van der Waals surface area (Å²) in [6.07, 6.45) is -7.64. The van der Waals surface area contributed by atoms with E-state index in [1.165, 1.54) is 19.6 Å². The molecule has 0 amide bonds. The molecule has 4 saturated heterocycles. The summed E-state index contributed by atoms with van der Waals surface area (Å²) in [4.78, 5) is 26.0. The molecule has 7 fully saturated rings. The topological polar surface area (TPSA) is 266 Å². The molecule has 4 heterocycles. The zero-order valence-electron chi connectivity index (χ0n) is 46.7. The maximum absolute atomic E-state index is 13.8. The third-order valence-electron chi connectivity index (χ3n) is 19.8. The molecule has 20 nitrogen and oxygen atoms in total. The number of allylic oxidation sites excluding steroid dienone is 3. The van der Waals surface area contributed by atoms with Gasteiger partial charge in [0.1, 0.15) is 61.0 Å². The Morgan fingerprint density at radius 1 is 0.737 bits per heavy atom. The number of aliphatic hydroxyl groups is 6. The highest BCUT2D eigenvalue weighted by molar-refractivity contribution is 5.94. The van der Waals surface area contributed by atoms with Crippen molar-refractivity contribution in [2.45, 2.75) is 255 Å². The molecule has 3 saturated carbocycles. The third kappa shape index (κ3) is 11.2. The molecule has 0 bridgehead atoms. The quantitative estimate of drug-likeness (QED) is 0.0691. The average Bonchev–Trinajstić information content (AvgIpc) is 3.82. The van der Waals surface area contributed by atoms with Gasteiger partial charge in [0.2, 0.25) is 0 Å². The highest BCUT2D eigenvalue weighted by atomic mass is 16.8. The van der Waals surface area contributed by atoms with Crippen LogP contribution >= 0.6 is 0 Å². The minimum absolute atomic E-state index is 0.00113. The van der Waals surface area contributed by atoms with Crippen LogP contribution < -0.4 is 0 Å². The van der Waals surface area contributed by atoms with Crippen LogP contribution in [0.4, 0.5) is 0 Å². The monoisotopic (exact) mass is 1080 g/mol. The van der Waals surface area contributed by atoms with E-state index < -0.39 is 128 Å². The van der Waals surface area contributed by atoms with Gasteiger partial charge in [-0.3, -0.25) is 9.59 Å². The lowest BCUT2D eigenvalue weighted by molar-refractivity contribution is -0.373. The highest BCUT2D eigenvalue weighted by Crippen LogP contribution is 2.71. The largest absolute Gasteiger partial charge is 0.463 e. The Morgan fingerprint density at radius 3 is 1.95 bits per heavy atom. The van der Waals surface area contributed by atoms with Gasteiger partial charge >= 0.3 is 5.97 Å². The van der Waals surface area contributed by atoms with E-state index in [-0.39, 0.29) is 59.5 Å². The summed E-state index contributed by atoms with van der Waals surface area (Å²) in [5.41, 5.74) is 0.216. The molecule has 0 aromatic carbocycles. The van der Waals surface area contributed by atoms with E-state index in [9.17, 15) is 40.2 Å². The zero-order chi connectivity index (χ0) is 55.3. The second-order valence-corrected chi connectivity index (χ2v) is 23.8. The van der Waals surface area contributed by atoms with Gasteiger partial charge in [0, 0.05) is 58.8 Å². The number of rotatable bonds is 17. The van der Waals surface area contributed by atoms with E-state index in [4.69, 9.17) is 56.8 Å². The summed E-state index contributed by atoms with van der Waals surface area (Å²) in [5.74, 6) is -0.249. The highest BCUT2D eigenvalue weighted by Gasteiger charge is 2.70. The molecule has 4 aliphatic carbocycles. The summed E-state index contributed by atoms with van der Waals surface area (Å²) in [6.45, 7) is 16.4. The summed E-state index contributed by atoms with van der Waals surface area (Å²) < 4.78 is 74.1. The van der Waals surface area contributed by atoms with Crippen LogP contribution in [0, 0.1) is 34.5 Å². The molecule has 8 aliphatic rings. The van der Waals surface area contributed by atoms with Crippen molar-refractivity contribution in [3.8, 4) is 0 Å². The van der Waals surface area contributed by atoms with Crippen LogP contribution in [0.25, 0.3) is 0 Å². The first-order chi connectivity index (χ1) is 36.0. The Bertz CT molecular complexity index is 2050. The Morgan fingerprint density at radius 2 is 1.34 bits per heavy atom. The van der Waals surface area contributed by atoms with Gasteiger partial charge in [-0.1, -0.05) is 31.6 Å². The maximum atomic E-state index is 13.8. The van der Waals surface area contributed by atoms with Gasteiger partial charge in [0.15, 0.2) is 30.9 Å². The van der Waals surface area contributed by atoms with Crippen molar-refractivity contribution in [3.63, 3.8) is 0 Å². The lowest BCUT2D eigenvalue weighted by Gasteiger charge is -2.64. The van der Waals surface area contributed by atoms with Gasteiger partial charge < -0.3 is 87.5 Å². The van der Waals surface area contributed by atoms with Crippen molar-refractivity contribution in [2.24, 2.45) is 34.5 Å².